The predicted octanol–water partition coefficient (Wildman–Crippen LogP) is 2.72. The van der Waals surface area contributed by atoms with E-state index < -0.39 is 0 Å². The van der Waals surface area contributed by atoms with E-state index in [4.69, 9.17) is 0 Å². The van der Waals surface area contributed by atoms with Crippen LogP contribution in [0.25, 0.3) is 0 Å². The lowest BCUT2D eigenvalue weighted by Crippen LogP contribution is -2.42. The van der Waals surface area contributed by atoms with Crippen molar-refractivity contribution in [2.75, 3.05) is 6.54 Å². The number of hydrogen-bond donors (Lipinski definition) is 0. The number of hydrogen-bond acceptors (Lipinski definition) is 3. The van der Waals surface area contributed by atoms with Crippen molar-refractivity contribution in [3.05, 3.63) is 29.6 Å². The second kappa shape index (κ2) is 6.10. The Hall–Kier alpha value is -1.22. The van der Waals surface area contributed by atoms with Gasteiger partial charge in [-0.2, -0.15) is 0 Å². The molecule has 0 saturated heterocycles. The van der Waals surface area contributed by atoms with Gasteiger partial charge in [0.1, 0.15) is 5.78 Å². The molecule has 1 atom stereocenters. The predicted molar refractivity (Wildman–Crippen MR) is 72.3 cm³/mol. The number of rotatable bonds is 4. The monoisotopic (exact) mass is 246 g/mol. The summed E-state index contributed by atoms with van der Waals surface area (Å²) < 4.78 is 0. The van der Waals surface area contributed by atoms with Crippen LogP contribution in [0.1, 0.15) is 44.0 Å². The number of pyridine rings is 1. The minimum absolute atomic E-state index is 0.117. The van der Waals surface area contributed by atoms with Crippen LogP contribution in [-0.2, 0) is 11.3 Å². The summed E-state index contributed by atoms with van der Waals surface area (Å²) in [5.41, 5.74) is 2.11. The van der Waals surface area contributed by atoms with E-state index in [1.807, 2.05) is 25.1 Å². The summed E-state index contributed by atoms with van der Waals surface area (Å²) in [5, 5.41) is 0. The molecule has 0 N–H and O–H groups in total. The van der Waals surface area contributed by atoms with E-state index >= 15 is 0 Å². The molecule has 2 rings (SSSR count). The average molecular weight is 246 g/mol. The van der Waals surface area contributed by atoms with Gasteiger partial charge in [0.15, 0.2) is 0 Å². The molecule has 1 saturated carbocycles. The molecule has 0 radical (unpaired) electrons. The number of likely N-dealkylation sites (N-methyl/N-ethyl adjacent to an activating group) is 1. The highest BCUT2D eigenvalue weighted by atomic mass is 16.1. The van der Waals surface area contributed by atoms with Gasteiger partial charge in [-0.25, -0.2) is 0 Å². The Bertz CT molecular complexity index is 417. The maximum absolute atomic E-state index is 12.0. The van der Waals surface area contributed by atoms with Gasteiger partial charge in [0.2, 0.25) is 0 Å². The van der Waals surface area contributed by atoms with Crippen LogP contribution in [0.5, 0.6) is 0 Å². The van der Waals surface area contributed by atoms with Gasteiger partial charge in [0.05, 0.1) is 11.7 Å². The summed E-state index contributed by atoms with van der Waals surface area (Å²) in [6.07, 6.45) is 4.00. The van der Waals surface area contributed by atoms with E-state index in [0.717, 1.165) is 43.7 Å². The number of ketones is 1. The molecule has 18 heavy (non-hydrogen) atoms. The lowest BCUT2D eigenvalue weighted by atomic mass is 9.92. The zero-order valence-electron chi connectivity index (χ0n) is 11.4. The SMILES string of the molecule is CCN(Cc1cccc(C)n1)C1CCCCC1=O. The fourth-order valence-corrected chi connectivity index (χ4v) is 2.69. The molecule has 0 bridgehead atoms. The van der Waals surface area contributed by atoms with Gasteiger partial charge in [-0.05, 0) is 38.4 Å². The zero-order chi connectivity index (χ0) is 13.0. The van der Waals surface area contributed by atoms with Gasteiger partial charge in [-0.3, -0.25) is 14.7 Å². The standard InChI is InChI=1S/C15H22N2O/c1-3-17(14-9-4-5-10-15(14)18)11-13-8-6-7-12(2)16-13/h6-8,14H,3-5,9-11H2,1-2H3. The highest BCUT2D eigenvalue weighted by Crippen LogP contribution is 2.21. The lowest BCUT2D eigenvalue weighted by molar-refractivity contribution is -0.126. The van der Waals surface area contributed by atoms with Gasteiger partial charge in [0.25, 0.3) is 0 Å². The average Bonchev–Trinajstić information content (AvgIpc) is 2.37. The van der Waals surface area contributed by atoms with Crippen molar-refractivity contribution in [3.8, 4) is 0 Å². The number of Topliss-reactive ketones (excluding diaryl/α,β-unsaturated/α-hetero) is 1. The third-order valence-electron chi connectivity index (χ3n) is 3.68. The van der Waals surface area contributed by atoms with E-state index in [1.165, 1.54) is 6.42 Å². The van der Waals surface area contributed by atoms with E-state index in [9.17, 15) is 4.79 Å². The zero-order valence-corrected chi connectivity index (χ0v) is 11.4. The molecule has 98 valence electrons. The second-order valence-electron chi connectivity index (χ2n) is 5.06. The van der Waals surface area contributed by atoms with Crippen molar-refractivity contribution in [2.45, 2.75) is 52.1 Å². The molecule has 0 spiro atoms. The fraction of sp³-hybridized carbons (Fsp3) is 0.600. The Labute approximate surface area is 109 Å². The van der Waals surface area contributed by atoms with Crippen LogP contribution in [0.4, 0.5) is 0 Å². The first-order valence-corrected chi connectivity index (χ1v) is 6.90. The van der Waals surface area contributed by atoms with E-state index in [2.05, 4.69) is 16.8 Å². The molecule has 0 aromatic carbocycles. The molecule has 0 aliphatic heterocycles. The van der Waals surface area contributed by atoms with Gasteiger partial charge >= 0.3 is 0 Å². The minimum Gasteiger partial charge on any atom is -0.298 e. The minimum atomic E-state index is 0.117. The molecule has 1 aromatic heterocycles. The fourth-order valence-electron chi connectivity index (χ4n) is 2.69. The number of aromatic nitrogens is 1. The van der Waals surface area contributed by atoms with Gasteiger partial charge in [0, 0.05) is 18.7 Å². The summed E-state index contributed by atoms with van der Waals surface area (Å²) in [6.45, 7) is 5.82. The molecule has 1 aliphatic rings. The van der Waals surface area contributed by atoms with Crippen molar-refractivity contribution in [3.63, 3.8) is 0 Å². The highest BCUT2D eigenvalue weighted by molar-refractivity contribution is 5.84. The summed E-state index contributed by atoms with van der Waals surface area (Å²) in [7, 11) is 0. The van der Waals surface area contributed by atoms with E-state index in [0.29, 0.717) is 5.78 Å². The first-order valence-electron chi connectivity index (χ1n) is 6.90. The van der Waals surface area contributed by atoms with Crippen LogP contribution in [-0.4, -0.2) is 28.3 Å². The van der Waals surface area contributed by atoms with Crippen molar-refractivity contribution < 1.29 is 4.79 Å². The number of aryl methyl sites for hydroxylation is 1. The third-order valence-corrected chi connectivity index (χ3v) is 3.68. The Balaban J connectivity index is 2.06. The van der Waals surface area contributed by atoms with Crippen LogP contribution < -0.4 is 0 Å². The molecule has 1 heterocycles. The molecular weight excluding hydrogens is 224 g/mol. The van der Waals surface area contributed by atoms with Crippen LogP contribution in [0, 0.1) is 6.92 Å². The van der Waals surface area contributed by atoms with Crippen LogP contribution in [0.3, 0.4) is 0 Å². The Morgan fingerprint density at radius 3 is 2.89 bits per heavy atom. The van der Waals surface area contributed by atoms with Crippen molar-refractivity contribution in [2.24, 2.45) is 0 Å². The number of carbonyl (C=O) groups is 1. The molecule has 1 aliphatic carbocycles. The number of carbonyl (C=O) groups excluding carboxylic acids is 1. The maximum atomic E-state index is 12.0. The molecular formula is C15H22N2O. The molecule has 3 heteroatoms. The van der Waals surface area contributed by atoms with Crippen LogP contribution in [0.15, 0.2) is 18.2 Å². The second-order valence-corrected chi connectivity index (χ2v) is 5.06. The van der Waals surface area contributed by atoms with Gasteiger partial charge in [-0.15, -0.1) is 0 Å². The smallest absolute Gasteiger partial charge is 0.149 e. The van der Waals surface area contributed by atoms with Gasteiger partial charge < -0.3 is 0 Å². The Morgan fingerprint density at radius 1 is 1.39 bits per heavy atom. The number of nitrogens with zero attached hydrogens (tertiary/aromatic N) is 2. The third kappa shape index (κ3) is 3.16. The van der Waals surface area contributed by atoms with Gasteiger partial charge in [-0.1, -0.05) is 19.4 Å². The summed E-state index contributed by atoms with van der Waals surface area (Å²) >= 11 is 0. The van der Waals surface area contributed by atoms with Crippen molar-refractivity contribution in [1.82, 2.24) is 9.88 Å². The molecule has 3 nitrogen and oxygen atoms in total. The highest BCUT2D eigenvalue weighted by Gasteiger charge is 2.27. The molecule has 1 aromatic rings. The largest absolute Gasteiger partial charge is 0.298 e. The summed E-state index contributed by atoms with van der Waals surface area (Å²) in [4.78, 5) is 18.8. The molecule has 1 unspecified atom stereocenters. The quantitative estimate of drug-likeness (QED) is 0.819. The molecule has 0 amide bonds. The maximum Gasteiger partial charge on any atom is 0.149 e. The summed E-state index contributed by atoms with van der Waals surface area (Å²) in [5.74, 6) is 0.413. The van der Waals surface area contributed by atoms with E-state index in [-0.39, 0.29) is 6.04 Å². The Morgan fingerprint density at radius 2 is 2.22 bits per heavy atom. The van der Waals surface area contributed by atoms with Crippen molar-refractivity contribution >= 4 is 5.78 Å². The lowest BCUT2D eigenvalue weighted by Gasteiger charge is -2.32. The van der Waals surface area contributed by atoms with E-state index in [1.54, 1.807) is 0 Å². The normalized spacial score (nSPS) is 20.4. The van der Waals surface area contributed by atoms with Crippen molar-refractivity contribution in [1.29, 1.82) is 0 Å². The first-order chi connectivity index (χ1) is 8.70. The first kappa shape index (κ1) is 13.2. The summed E-state index contributed by atoms with van der Waals surface area (Å²) in [6, 6.07) is 6.20. The topological polar surface area (TPSA) is 33.2 Å². The van der Waals surface area contributed by atoms with Crippen LogP contribution in [0.2, 0.25) is 0 Å². The Kier molecular flexibility index (Phi) is 4.48. The molecule has 1 fully saturated rings. The van der Waals surface area contributed by atoms with Crippen LogP contribution >= 0.6 is 0 Å².